The minimum Gasteiger partial charge on any atom is -0.493 e. The SMILES string of the molecule is COc1ccccc1Oc1c(OC(C)(O)O)nc(C)nc1N(C(C)(C)C)S(=O)(=O)c1ccccc1. The Kier molecular flexibility index (Phi) is 7.25. The third-order valence-electron chi connectivity index (χ3n) is 4.58. The molecule has 0 aliphatic rings. The van der Waals surface area contributed by atoms with Gasteiger partial charge in [0.1, 0.15) is 5.82 Å². The van der Waals surface area contributed by atoms with Crippen LogP contribution in [-0.4, -0.2) is 47.2 Å². The number of hydrogen-bond acceptors (Lipinski definition) is 9. The molecule has 0 atom stereocenters. The molecule has 0 aliphatic carbocycles. The van der Waals surface area contributed by atoms with Crippen molar-refractivity contribution in [3.05, 3.63) is 60.4 Å². The van der Waals surface area contributed by atoms with Gasteiger partial charge in [-0.15, -0.1) is 0 Å². The summed E-state index contributed by atoms with van der Waals surface area (Å²) in [7, 11) is -2.72. The van der Waals surface area contributed by atoms with Gasteiger partial charge in [-0.2, -0.15) is 4.98 Å². The van der Waals surface area contributed by atoms with Crippen LogP contribution >= 0.6 is 0 Å². The molecule has 35 heavy (non-hydrogen) atoms. The first-order valence-corrected chi connectivity index (χ1v) is 12.1. The van der Waals surface area contributed by atoms with E-state index in [1.165, 1.54) is 26.2 Å². The lowest BCUT2D eigenvalue weighted by atomic mass is 10.1. The predicted octanol–water partition coefficient (Wildman–Crippen LogP) is 3.62. The van der Waals surface area contributed by atoms with Crippen molar-refractivity contribution in [2.45, 2.75) is 51.0 Å². The summed E-state index contributed by atoms with van der Waals surface area (Å²) in [6.07, 6.45) is 0. The number of aromatic nitrogens is 2. The summed E-state index contributed by atoms with van der Waals surface area (Å²) in [6.45, 7) is 7.59. The fraction of sp³-hybridized carbons (Fsp3) is 0.333. The Hall–Kier alpha value is -3.41. The van der Waals surface area contributed by atoms with E-state index >= 15 is 0 Å². The van der Waals surface area contributed by atoms with Gasteiger partial charge >= 0.3 is 5.97 Å². The van der Waals surface area contributed by atoms with Crippen LogP contribution < -0.4 is 18.5 Å². The highest BCUT2D eigenvalue weighted by molar-refractivity contribution is 7.92. The van der Waals surface area contributed by atoms with Gasteiger partial charge in [0.15, 0.2) is 17.3 Å². The van der Waals surface area contributed by atoms with Crippen LogP contribution in [-0.2, 0) is 10.0 Å². The lowest BCUT2D eigenvalue weighted by molar-refractivity contribution is -0.279. The second-order valence-electron chi connectivity index (χ2n) is 8.77. The van der Waals surface area contributed by atoms with Gasteiger partial charge in [0.05, 0.1) is 12.0 Å². The molecular weight excluding hydrogens is 474 g/mol. The molecule has 0 fully saturated rings. The van der Waals surface area contributed by atoms with Gasteiger partial charge in [-0.3, -0.25) is 0 Å². The zero-order valence-electron chi connectivity index (χ0n) is 20.4. The monoisotopic (exact) mass is 503 g/mol. The summed E-state index contributed by atoms with van der Waals surface area (Å²) >= 11 is 0. The highest BCUT2D eigenvalue weighted by atomic mass is 32.2. The number of ether oxygens (including phenoxy) is 3. The van der Waals surface area contributed by atoms with Crippen LogP contribution in [0.25, 0.3) is 0 Å². The molecule has 0 amide bonds. The molecular formula is C24H29N3O7S. The Labute approximate surface area is 204 Å². The molecule has 0 radical (unpaired) electrons. The van der Waals surface area contributed by atoms with Crippen molar-refractivity contribution in [3.8, 4) is 23.1 Å². The fourth-order valence-corrected chi connectivity index (χ4v) is 5.09. The van der Waals surface area contributed by atoms with Crippen molar-refractivity contribution in [3.63, 3.8) is 0 Å². The molecule has 11 heteroatoms. The molecule has 2 N–H and O–H groups in total. The zero-order valence-corrected chi connectivity index (χ0v) is 21.2. The molecule has 0 aliphatic heterocycles. The molecule has 3 aromatic rings. The van der Waals surface area contributed by atoms with E-state index in [9.17, 15) is 18.6 Å². The largest absolute Gasteiger partial charge is 0.493 e. The normalized spacial score (nSPS) is 12.2. The number of aryl methyl sites for hydroxylation is 1. The van der Waals surface area contributed by atoms with Crippen molar-refractivity contribution in [2.24, 2.45) is 0 Å². The Morgan fingerprint density at radius 3 is 2.00 bits per heavy atom. The smallest absolute Gasteiger partial charge is 0.320 e. The predicted molar refractivity (Wildman–Crippen MR) is 129 cm³/mol. The van der Waals surface area contributed by atoms with Crippen LogP contribution in [0.1, 0.15) is 33.5 Å². The third-order valence-corrected chi connectivity index (χ3v) is 6.65. The van der Waals surface area contributed by atoms with Gasteiger partial charge in [-0.05, 0) is 52.0 Å². The van der Waals surface area contributed by atoms with E-state index in [0.717, 1.165) is 11.2 Å². The molecule has 0 spiro atoms. The summed E-state index contributed by atoms with van der Waals surface area (Å²) in [5, 5.41) is 19.9. The quantitative estimate of drug-likeness (QED) is 0.442. The topological polar surface area (TPSA) is 131 Å². The molecule has 3 rings (SSSR count). The van der Waals surface area contributed by atoms with Gasteiger partial charge < -0.3 is 24.4 Å². The minimum absolute atomic E-state index is 0.0334. The second-order valence-corrected chi connectivity index (χ2v) is 10.6. The van der Waals surface area contributed by atoms with Crippen molar-refractivity contribution in [1.82, 2.24) is 9.97 Å². The summed E-state index contributed by atoms with van der Waals surface area (Å²) in [4.78, 5) is 8.58. The van der Waals surface area contributed by atoms with Crippen molar-refractivity contribution in [1.29, 1.82) is 0 Å². The summed E-state index contributed by atoms with van der Waals surface area (Å²) in [6, 6.07) is 14.5. The van der Waals surface area contributed by atoms with Crippen LogP contribution in [0, 0.1) is 6.92 Å². The minimum atomic E-state index is -4.17. The van der Waals surface area contributed by atoms with Gasteiger partial charge in [0, 0.05) is 12.5 Å². The summed E-state index contributed by atoms with van der Waals surface area (Å²) in [5.41, 5.74) is -1.03. The molecule has 0 unspecified atom stereocenters. The molecule has 1 aromatic heterocycles. The number of aliphatic hydroxyl groups is 2. The van der Waals surface area contributed by atoms with Gasteiger partial charge in [0.25, 0.3) is 15.9 Å². The van der Waals surface area contributed by atoms with E-state index in [1.54, 1.807) is 63.2 Å². The number of hydrogen-bond donors (Lipinski definition) is 2. The number of anilines is 1. The number of sulfonamides is 1. The fourth-order valence-electron chi connectivity index (χ4n) is 3.30. The Morgan fingerprint density at radius 1 is 0.886 bits per heavy atom. The Balaban J connectivity index is 2.34. The average molecular weight is 504 g/mol. The summed E-state index contributed by atoms with van der Waals surface area (Å²) in [5.74, 6) is -2.75. The van der Waals surface area contributed by atoms with E-state index in [-0.39, 0.29) is 33.9 Å². The van der Waals surface area contributed by atoms with Crippen molar-refractivity contribution >= 4 is 15.8 Å². The maximum absolute atomic E-state index is 13.9. The molecule has 0 saturated carbocycles. The van der Waals surface area contributed by atoms with Crippen LogP contribution in [0.4, 0.5) is 5.82 Å². The number of nitrogens with zero attached hydrogens (tertiary/aromatic N) is 3. The zero-order chi connectivity index (χ0) is 26.0. The second kappa shape index (κ2) is 9.68. The number of methoxy groups -OCH3 is 1. The number of para-hydroxylation sites is 2. The van der Waals surface area contributed by atoms with Gasteiger partial charge in [-0.25, -0.2) is 17.7 Å². The first kappa shape index (κ1) is 26.2. The van der Waals surface area contributed by atoms with E-state index in [2.05, 4.69) is 9.97 Å². The highest BCUT2D eigenvalue weighted by Crippen LogP contribution is 2.45. The van der Waals surface area contributed by atoms with Gasteiger partial charge in [0.2, 0.25) is 5.75 Å². The molecule has 188 valence electrons. The molecule has 10 nitrogen and oxygen atoms in total. The van der Waals surface area contributed by atoms with Crippen molar-refractivity contribution in [2.75, 3.05) is 11.4 Å². The Morgan fingerprint density at radius 2 is 1.46 bits per heavy atom. The highest BCUT2D eigenvalue weighted by Gasteiger charge is 2.40. The first-order chi connectivity index (χ1) is 16.2. The van der Waals surface area contributed by atoms with Crippen LogP contribution in [0.3, 0.4) is 0 Å². The molecule has 0 saturated heterocycles. The van der Waals surface area contributed by atoms with Gasteiger partial charge in [-0.1, -0.05) is 30.3 Å². The first-order valence-electron chi connectivity index (χ1n) is 10.7. The van der Waals surface area contributed by atoms with E-state index in [0.29, 0.717) is 5.75 Å². The van der Waals surface area contributed by atoms with Crippen LogP contribution in [0.5, 0.6) is 23.1 Å². The van der Waals surface area contributed by atoms with Crippen LogP contribution in [0.15, 0.2) is 59.5 Å². The van der Waals surface area contributed by atoms with Crippen molar-refractivity contribution < 1.29 is 32.8 Å². The maximum atomic E-state index is 13.9. The van der Waals surface area contributed by atoms with E-state index < -0.39 is 21.5 Å². The molecule has 0 bridgehead atoms. The lowest BCUT2D eigenvalue weighted by Crippen LogP contribution is -2.46. The Bertz CT molecular complexity index is 1280. The molecule has 1 heterocycles. The maximum Gasteiger partial charge on any atom is 0.320 e. The number of rotatable bonds is 8. The number of benzene rings is 2. The van der Waals surface area contributed by atoms with E-state index in [4.69, 9.17) is 14.2 Å². The average Bonchev–Trinajstić information content (AvgIpc) is 2.74. The standard InChI is InChI=1S/C24H29N3O7S/c1-16-25-21(27(23(2,3)4)35(30,31)17-12-8-7-9-13-17)20(22(26-16)34-24(5,28)29)33-19-15-11-10-14-18(19)32-6/h7-15,28-29H,1-6H3. The molecule has 2 aromatic carbocycles. The van der Waals surface area contributed by atoms with E-state index in [1.807, 2.05) is 0 Å². The van der Waals surface area contributed by atoms with Crippen LogP contribution in [0.2, 0.25) is 0 Å². The lowest BCUT2D eigenvalue weighted by Gasteiger charge is -2.36. The summed E-state index contributed by atoms with van der Waals surface area (Å²) < 4.78 is 45.5. The third kappa shape index (κ3) is 5.99.